The molecule has 0 bridgehead atoms. The molecule has 0 spiro atoms. The number of aryl methyl sites for hydroxylation is 1. The minimum Gasteiger partial charge on any atom is -0.483 e. The van der Waals surface area contributed by atoms with E-state index in [9.17, 15) is 4.79 Å². The highest BCUT2D eigenvalue weighted by Crippen LogP contribution is 2.29. The van der Waals surface area contributed by atoms with Gasteiger partial charge in [0.1, 0.15) is 5.75 Å². The number of hydrogen-bond acceptors (Lipinski definition) is 2. The number of ether oxygens (including phenoxy) is 1. The maximum Gasteiger partial charge on any atom is 0.258 e. The van der Waals surface area contributed by atoms with Gasteiger partial charge in [0.05, 0.1) is 0 Å². The highest BCUT2D eigenvalue weighted by Gasteiger charge is 2.14. The number of hydrogen-bond donors (Lipinski definition) is 1. The summed E-state index contributed by atoms with van der Waals surface area (Å²) in [5.74, 6) is 0.847. The number of carbonyl (C=O) groups excluding carboxylic acids is 1. The van der Waals surface area contributed by atoms with E-state index in [1.807, 2.05) is 19.1 Å². The number of rotatable bonds is 5. The normalized spacial score (nSPS) is 15.5. The molecule has 1 amide bonds. The van der Waals surface area contributed by atoms with E-state index in [1.54, 1.807) is 0 Å². The van der Waals surface area contributed by atoms with Crippen LogP contribution in [0.4, 0.5) is 0 Å². The lowest BCUT2D eigenvalue weighted by Crippen LogP contribution is -2.35. The zero-order valence-corrected chi connectivity index (χ0v) is 11.9. The molecule has 1 atom stereocenters. The zero-order valence-electron chi connectivity index (χ0n) is 11.9. The lowest BCUT2D eigenvalue weighted by atomic mass is 9.91. The van der Waals surface area contributed by atoms with E-state index >= 15 is 0 Å². The summed E-state index contributed by atoms with van der Waals surface area (Å²) in [5.41, 5.74) is 2.68. The maximum atomic E-state index is 11.7. The monoisotopic (exact) mass is 261 g/mol. The van der Waals surface area contributed by atoms with Crippen molar-refractivity contribution in [2.24, 2.45) is 0 Å². The summed E-state index contributed by atoms with van der Waals surface area (Å²) in [6, 6.07) is 6.37. The van der Waals surface area contributed by atoms with Gasteiger partial charge in [-0.1, -0.05) is 19.1 Å². The van der Waals surface area contributed by atoms with Gasteiger partial charge in [0.25, 0.3) is 5.91 Å². The van der Waals surface area contributed by atoms with Crippen molar-refractivity contribution >= 4 is 5.91 Å². The fourth-order valence-corrected chi connectivity index (χ4v) is 2.44. The quantitative estimate of drug-likeness (QED) is 0.885. The molecule has 1 aromatic carbocycles. The second kappa shape index (κ2) is 6.60. The predicted octanol–water partition coefficient (Wildman–Crippen LogP) is 2.86. The van der Waals surface area contributed by atoms with Crippen LogP contribution in [0.3, 0.4) is 0 Å². The summed E-state index contributed by atoms with van der Waals surface area (Å²) < 4.78 is 5.70. The van der Waals surface area contributed by atoms with Gasteiger partial charge in [-0.3, -0.25) is 4.79 Å². The topological polar surface area (TPSA) is 38.3 Å². The Bertz CT molecular complexity index is 442. The summed E-state index contributed by atoms with van der Waals surface area (Å²) in [6.07, 6.45) is 5.61. The maximum absolute atomic E-state index is 11.7. The van der Waals surface area contributed by atoms with E-state index in [-0.39, 0.29) is 18.6 Å². The second-order valence-electron chi connectivity index (χ2n) is 5.27. The van der Waals surface area contributed by atoms with Gasteiger partial charge in [-0.25, -0.2) is 0 Å². The molecule has 0 saturated heterocycles. The summed E-state index contributed by atoms with van der Waals surface area (Å²) in [6.45, 7) is 4.17. The van der Waals surface area contributed by atoms with Crippen molar-refractivity contribution in [3.8, 4) is 5.75 Å². The Kier molecular flexibility index (Phi) is 4.83. The van der Waals surface area contributed by atoms with E-state index in [4.69, 9.17) is 4.74 Å². The molecule has 19 heavy (non-hydrogen) atoms. The number of fused-ring (bicyclic) bond motifs is 1. The van der Waals surface area contributed by atoms with Crippen molar-refractivity contribution in [1.82, 2.24) is 5.32 Å². The van der Waals surface area contributed by atoms with Crippen molar-refractivity contribution in [3.05, 3.63) is 29.3 Å². The summed E-state index contributed by atoms with van der Waals surface area (Å²) >= 11 is 0. The Morgan fingerprint density at radius 1 is 1.37 bits per heavy atom. The van der Waals surface area contributed by atoms with Crippen molar-refractivity contribution in [3.63, 3.8) is 0 Å². The minimum absolute atomic E-state index is 0.0391. The fourth-order valence-electron chi connectivity index (χ4n) is 2.44. The molecule has 0 aromatic heterocycles. The van der Waals surface area contributed by atoms with E-state index in [0.29, 0.717) is 0 Å². The summed E-state index contributed by atoms with van der Waals surface area (Å²) in [7, 11) is 0. The van der Waals surface area contributed by atoms with Gasteiger partial charge in [-0.2, -0.15) is 0 Å². The number of benzene rings is 1. The first kappa shape index (κ1) is 13.9. The SMILES string of the molecule is CC[C@@H](C)NC(=O)COc1cccc2c1CCCC2. The Morgan fingerprint density at radius 3 is 2.95 bits per heavy atom. The molecular weight excluding hydrogens is 238 g/mol. The third-order valence-electron chi connectivity index (χ3n) is 3.73. The molecule has 3 heteroatoms. The first-order valence-electron chi connectivity index (χ1n) is 7.23. The van der Waals surface area contributed by atoms with Crippen LogP contribution < -0.4 is 10.1 Å². The first-order chi connectivity index (χ1) is 9.20. The number of carbonyl (C=O) groups is 1. The van der Waals surface area contributed by atoms with Gasteiger partial charge in [0.15, 0.2) is 6.61 Å². The van der Waals surface area contributed by atoms with Crippen LogP contribution in [0.15, 0.2) is 18.2 Å². The molecule has 1 aliphatic carbocycles. The van der Waals surface area contributed by atoms with Crippen molar-refractivity contribution < 1.29 is 9.53 Å². The van der Waals surface area contributed by atoms with Gasteiger partial charge in [0.2, 0.25) is 0 Å². The lowest BCUT2D eigenvalue weighted by molar-refractivity contribution is -0.123. The van der Waals surface area contributed by atoms with Crippen LogP contribution in [0.2, 0.25) is 0 Å². The van der Waals surface area contributed by atoms with Crippen LogP contribution >= 0.6 is 0 Å². The van der Waals surface area contributed by atoms with Crippen LogP contribution in [-0.4, -0.2) is 18.6 Å². The standard InChI is InChI=1S/C16H23NO2/c1-3-12(2)17-16(18)11-19-15-10-6-8-13-7-4-5-9-14(13)15/h6,8,10,12H,3-5,7,9,11H2,1-2H3,(H,17,18)/t12-/m1/s1. The Morgan fingerprint density at radius 2 is 2.16 bits per heavy atom. The van der Waals surface area contributed by atoms with Crippen molar-refractivity contribution in [1.29, 1.82) is 0 Å². The van der Waals surface area contributed by atoms with Crippen LogP contribution in [0.5, 0.6) is 5.75 Å². The van der Waals surface area contributed by atoms with Crippen LogP contribution in [0.1, 0.15) is 44.2 Å². The molecule has 1 aliphatic rings. The Labute approximate surface area is 115 Å². The summed E-state index contributed by atoms with van der Waals surface area (Å²) in [5, 5.41) is 2.92. The van der Waals surface area contributed by atoms with E-state index < -0.39 is 0 Å². The highest BCUT2D eigenvalue weighted by atomic mass is 16.5. The number of amides is 1. The molecule has 0 heterocycles. The largest absolute Gasteiger partial charge is 0.483 e. The van der Waals surface area contributed by atoms with Gasteiger partial charge in [-0.05, 0) is 56.2 Å². The molecule has 0 radical (unpaired) electrons. The highest BCUT2D eigenvalue weighted by molar-refractivity contribution is 5.77. The van der Waals surface area contributed by atoms with Gasteiger partial charge >= 0.3 is 0 Å². The number of nitrogens with one attached hydrogen (secondary N) is 1. The molecule has 1 N–H and O–H groups in total. The van der Waals surface area contributed by atoms with Crippen LogP contribution in [0.25, 0.3) is 0 Å². The molecule has 0 aliphatic heterocycles. The van der Waals surface area contributed by atoms with E-state index in [2.05, 4.69) is 18.3 Å². The van der Waals surface area contributed by atoms with Crippen LogP contribution in [-0.2, 0) is 17.6 Å². The molecule has 1 aromatic rings. The smallest absolute Gasteiger partial charge is 0.258 e. The summed E-state index contributed by atoms with van der Waals surface area (Å²) in [4.78, 5) is 11.7. The lowest BCUT2D eigenvalue weighted by Gasteiger charge is -2.19. The second-order valence-corrected chi connectivity index (χ2v) is 5.27. The van der Waals surface area contributed by atoms with Crippen molar-refractivity contribution in [2.45, 2.75) is 52.0 Å². The first-order valence-corrected chi connectivity index (χ1v) is 7.23. The average Bonchev–Trinajstić information content (AvgIpc) is 2.44. The minimum atomic E-state index is -0.0391. The van der Waals surface area contributed by atoms with Crippen molar-refractivity contribution in [2.75, 3.05) is 6.61 Å². The molecule has 0 fully saturated rings. The fraction of sp³-hybridized carbons (Fsp3) is 0.562. The Balaban J connectivity index is 1.94. The third kappa shape index (κ3) is 3.72. The van der Waals surface area contributed by atoms with Crippen LogP contribution in [0, 0.1) is 0 Å². The zero-order chi connectivity index (χ0) is 13.7. The molecule has 0 unspecified atom stereocenters. The predicted molar refractivity (Wildman–Crippen MR) is 76.5 cm³/mol. The molecule has 0 saturated carbocycles. The molecule has 3 nitrogen and oxygen atoms in total. The molecule has 2 rings (SSSR count). The molecular formula is C16H23NO2. The van der Waals surface area contributed by atoms with Gasteiger partial charge < -0.3 is 10.1 Å². The van der Waals surface area contributed by atoms with E-state index in [1.165, 1.54) is 24.0 Å². The Hall–Kier alpha value is -1.51. The van der Waals surface area contributed by atoms with E-state index in [0.717, 1.165) is 25.0 Å². The van der Waals surface area contributed by atoms with Gasteiger partial charge in [0, 0.05) is 6.04 Å². The molecule has 104 valence electrons. The average molecular weight is 261 g/mol. The third-order valence-corrected chi connectivity index (χ3v) is 3.73. The van der Waals surface area contributed by atoms with Gasteiger partial charge in [-0.15, -0.1) is 0 Å².